The van der Waals surface area contributed by atoms with Crippen molar-refractivity contribution in [2.45, 2.75) is 146 Å². The summed E-state index contributed by atoms with van der Waals surface area (Å²) in [5.74, 6) is -2.64. The minimum atomic E-state index is -1.35. The van der Waals surface area contributed by atoms with E-state index in [0.717, 1.165) is 18.4 Å². The zero-order chi connectivity index (χ0) is 31.6. The SMILES string of the molecule is COC(=O)C1(NC(=O)C2(NC(=O)OCc3ccccc3)CCC3(CC2)O[C@@H](C)C[C@H](C)O3)CCC2(CC1)O[C@@H](C)C[C@H](C)O2. The Balaban J connectivity index is 1.34. The number of rotatable bonds is 6. The zero-order valence-electron chi connectivity index (χ0n) is 26.6. The van der Waals surface area contributed by atoms with E-state index in [1.165, 1.54) is 7.11 Å². The van der Waals surface area contributed by atoms with Crippen LogP contribution in [0.5, 0.6) is 0 Å². The van der Waals surface area contributed by atoms with Gasteiger partial charge in [0.25, 0.3) is 0 Å². The van der Waals surface area contributed by atoms with Gasteiger partial charge in [-0.2, -0.15) is 0 Å². The molecule has 0 radical (unpaired) electrons. The molecule has 2 heterocycles. The third-order valence-electron chi connectivity index (χ3n) is 9.64. The second kappa shape index (κ2) is 12.9. The van der Waals surface area contributed by atoms with Crippen LogP contribution in [-0.4, -0.2) is 72.1 Å². The highest BCUT2D eigenvalue weighted by molar-refractivity contribution is 5.95. The van der Waals surface area contributed by atoms with Crippen LogP contribution in [0.2, 0.25) is 0 Å². The van der Waals surface area contributed by atoms with Gasteiger partial charge >= 0.3 is 12.1 Å². The van der Waals surface area contributed by atoms with Gasteiger partial charge in [-0.3, -0.25) is 4.79 Å². The molecule has 244 valence electrons. The highest BCUT2D eigenvalue weighted by atomic mass is 16.7. The molecule has 2 N–H and O–H groups in total. The van der Waals surface area contributed by atoms with Crippen LogP contribution in [0.15, 0.2) is 30.3 Å². The lowest BCUT2D eigenvalue weighted by Gasteiger charge is -2.51. The lowest BCUT2D eigenvalue weighted by atomic mass is 9.74. The van der Waals surface area contributed by atoms with Crippen molar-refractivity contribution >= 4 is 18.0 Å². The first-order valence-electron chi connectivity index (χ1n) is 16.0. The quantitative estimate of drug-likeness (QED) is 0.439. The maximum absolute atomic E-state index is 14.4. The molecule has 4 aliphatic rings. The van der Waals surface area contributed by atoms with E-state index in [0.29, 0.717) is 25.7 Å². The minimum absolute atomic E-state index is 0.00990. The molecular weight excluding hydrogens is 568 g/mol. The van der Waals surface area contributed by atoms with Crippen LogP contribution in [0.3, 0.4) is 0 Å². The first-order chi connectivity index (χ1) is 20.9. The molecule has 4 fully saturated rings. The van der Waals surface area contributed by atoms with E-state index < -0.39 is 40.6 Å². The average Bonchev–Trinajstić information content (AvgIpc) is 2.98. The number of carbonyl (C=O) groups excluding carboxylic acids is 3. The number of hydrogen-bond acceptors (Lipinski definition) is 9. The van der Waals surface area contributed by atoms with Crippen molar-refractivity contribution < 1.29 is 42.8 Å². The number of alkyl carbamates (subject to hydrolysis) is 1. The lowest BCUT2D eigenvalue weighted by Crippen LogP contribution is -2.69. The van der Waals surface area contributed by atoms with Gasteiger partial charge in [0.15, 0.2) is 11.6 Å². The van der Waals surface area contributed by atoms with Crippen molar-refractivity contribution in [2.75, 3.05) is 7.11 Å². The van der Waals surface area contributed by atoms with Gasteiger partial charge in [-0.05, 0) is 71.8 Å². The van der Waals surface area contributed by atoms with Gasteiger partial charge in [0.2, 0.25) is 5.91 Å². The summed E-state index contributed by atoms with van der Waals surface area (Å²) < 4.78 is 35.8. The van der Waals surface area contributed by atoms with E-state index in [4.69, 9.17) is 28.4 Å². The molecule has 11 heteroatoms. The smallest absolute Gasteiger partial charge is 0.408 e. The van der Waals surface area contributed by atoms with Crippen molar-refractivity contribution in [1.82, 2.24) is 10.6 Å². The summed E-state index contributed by atoms with van der Waals surface area (Å²) >= 11 is 0. The van der Waals surface area contributed by atoms with Crippen LogP contribution >= 0.6 is 0 Å². The summed E-state index contributed by atoms with van der Waals surface area (Å²) in [5, 5.41) is 5.94. The summed E-state index contributed by atoms with van der Waals surface area (Å²) in [4.78, 5) is 40.9. The van der Waals surface area contributed by atoms with Gasteiger partial charge < -0.3 is 39.1 Å². The van der Waals surface area contributed by atoms with E-state index in [-0.39, 0.29) is 56.7 Å². The molecule has 2 aliphatic heterocycles. The van der Waals surface area contributed by atoms with E-state index in [1.54, 1.807) is 0 Å². The van der Waals surface area contributed by atoms with E-state index in [1.807, 2.05) is 58.0 Å². The molecule has 1 aromatic carbocycles. The molecular formula is C33H48N2O9. The molecule has 5 rings (SSSR count). The second-order valence-electron chi connectivity index (χ2n) is 13.3. The molecule has 44 heavy (non-hydrogen) atoms. The topological polar surface area (TPSA) is 131 Å². The number of ether oxygens (including phenoxy) is 6. The number of nitrogens with one attached hydrogen (secondary N) is 2. The summed E-state index contributed by atoms with van der Waals surface area (Å²) in [6.07, 6.45) is 3.55. The zero-order valence-corrected chi connectivity index (χ0v) is 26.6. The predicted octanol–water partition coefficient (Wildman–Crippen LogP) is 4.65. The molecule has 2 spiro atoms. The molecule has 0 aromatic heterocycles. The molecule has 2 saturated heterocycles. The van der Waals surface area contributed by atoms with E-state index in [9.17, 15) is 14.4 Å². The molecule has 2 saturated carbocycles. The van der Waals surface area contributed by atoms with E-state index in [2.05, 4.69) is 10.6 Å². The third kappa shape index (κ3) is 7.06. The molecule has 2 aliphatic carbocycles. The van der Waals surface area contributed by atoms with Crippen LogP contribution < -0.4 is 10.6 Å². The number of benzene rings is 1. The fourth-order valence-corrected chi connectivity index (χ4v) is 7.51. The largest absolute Gasteiger partial charge is 0.467 e. The van der Waals surface area contributed by atoms with Gasteiger partial charge in [-0.1, -0.05) is 30.3 Å². The van der Waals surface area contributed by atoms with Crippen LogP contribution in [0.1, 0.15) is 97.5 Å². The fraction of sp³-hybridized carbons (Fsp3) is 0.727. The standard InChI is InChI=1S/C33H48N2O9/c1-22-19-23(2)42-32(41-22)15-11-30(12-16-32,35-29(38)40-21-26-9-7-6-8-10-26)27(36)34-31(28(37)39-5)13-17-33(18-14-31)43-24(3)20-25(4)44-33/h6-10,22-25H,11-21H2,1-5H3,(H,34,36)(H,35,38)/t22-,23-,24-,25-/m0/s1. The molecule has 0 bridgehead atoms. The monoisotopic (exact) mass is 616 g/mol. The van der Waals surface area contributed by atoms with Crippen molar-refractivity contribution in [2.24, 2.45) is 0 Å². The highest BCUT2D eigenvalue weighted by Gasteiger charge is 2.56. The summed E-state index contributed by atoms with van der Waals surface area (Å²) in [5.41, 5.74) is -1.83. The first-order valence-corrected chi connectivity index (χ1v) is 16.0. The molecule has 0 unspecified atom stereocenters. The Kier molecular flexibility index (Phi) is 9.61. The Labute approximate surface area is 260 Å². The number of esters is 1. The number of hydrogen-bond donors (Lipinski definition) is 2. The van der Waals surface area contributed by atoms with Crippen LogP contribution in [0.4, 0.5) is 4.79 Å². The molecule has 11 nitrogen and oxygen atoms in total. The summed E-state index contributed by atoms with van der Waals surface area (Å²) in [6, 6.07) is 9.33. The number of amides is 2. The number of carbonyl (C=O) groups is 3. The predicted molar refractivity (Wildman–Crippen MR) is 159 cm³/mol. The Morgan fingerprint density at radius 1 is 0.705 bits per heavy atom. The summed E-state index contributed by atoms with van der Waals surface area (Å²) in [7, 11) is 1.32. The maximum atomic E-state index is 14.4. The van der Waals surface area contributed by atoms with Crippen molar-refractivity contribution in [3.63, 3.8) is 0 Å². The minimum Gasteiger partial charge on any atom is -0.467 e. The van der Waals surface area contributed by atoms with E-state index >= 15 is 0 Å². The first kappa shape index (κ1) is 32.7. The fourth-order valence-electron chi connectivity index (χ4n) is 7.51. The third-order valence-corrected chi connectivity index (χ3v) is 9.64. The maximum Gasteiger partial charge on any atom is 0.408 e. The van der Waals surface area contributed by atoms with Crippen molar-refractivity contribution in [3.05, 3.63) is 35.9 Å². The summed E-state index contributed by atoms with van der Waals surface area (Å²) in [6.45, 7) is 8.14. The van der Waals surface area contributed by atoms with Crippen LogP contribution in [0.25, 0.3) is 0 Å². The van der Waals surface area contributed by atoms with Gasteiger partial charge in [0.05, 0.1) is 31.5 Å². The van der Waals surface area contributed by atoms with Crippen molar-refractivity contribution in [1.29, 1.82) is 0 Å². The van der Waals surface area contributed by atoms with Gasteiger partial charge in [0.1, 0.15) is 17.7 Å². The molecule has 4 atom stereocenters. The van der Waals surface area contributed by atoms with Gasteiger partial charge in [-0.15, -0.1) is 0 Å². The second-order valence-corrected chi connectivity index (χ2v) is 13.3. The van der Waals surface area contributed by atoms with Crippen LogP contribution in [-0.2, 0) is 44.6 Å². The Morgan fingerprint density at radius 3 is 1.61 bits per heavy atom. The van der Waals surface area contributed by atoms with Gasteiger partial charge in [0, 0.05) is 25.7 Å². The Morgan fingerprint density at radius 2 is 1.16 bits per heavy atom. The highest BCUT2D eigenvalue weighted by Crippen LogP contribution is 2.45. The van der Waals surface area contributed by atoms with Crippen LogP contribution in [0, 0.1) is 0 Å². The molecule has 1 aromatic rings. The normalized spacial score (nSPS) is 38.9. The Hall–Kier alpha value is -2.73. The average molecular weight is 617 g/mol. The van der Waals surface area contributed by atoms with Crippen molar-refractivity contribution in [3.8, 4) is 0 Å². The lowest BCUT2D eigenvalue weighted by molar-refractivity contribution is -0.327. The number of methoxy groups -OCH3 is 1. The molecule has 2 amide bonds. The Bertz CT molecular complexity index is 1150. The van der Waals surface area contributed by atoms with Gasteiger partial charge in [-0.25, -0.2) is 9.59 Å².